The number of thiazole rings is 1. The fourth-order valence-electron chi connectivity index (χ4n) is 6.05. The van der Waals surface area contributed by atoms with Crippen molar-refractivity contribution in [1.29, 1.82) is 0 Å². The third-order valence-corrected chi connectivity index (χ3v) is 10.3. The fourth-order valence-corrected chi connectivity index (χ4v) is 8.12. The molecule has 0 radical (unpaired) electrons. The smallest absolute Gasteiger partial charge is 0.246 e. The summed E-state index contributed by atoms with van der Waals surface area (Å²) in [7, 11) is 1.59. The van der Waals surface area contributed by atoms with Crippen LogP contribution in [0, 0.1) is 5.82 Å². The molecule has 1 atom stereocenters. The molecule has 224 valence electrons. The quantitative estimate of drug-likeness (QED) is 0.148. The van der Waals surface area contributed by atoms with Gasteiger partial charge in [-0.15, -0.1) is 22.7 Å². The van der Waals surface area contributed by atoms with Gasteiger partial charge in [-0.1, -0.05) is 18.7 Å². The predicted octanol–water partition coefficient (Wildman–Crippen LogP) is 6.97. The Bertz CT molecular complexity index is 1920. The molecule has 1 aliphatic carbocycles. The van der Waals surface area contributed by atoms with E-state index in [-0.39, 0.29) is 12.5 Å². The second-order valence-electron chi connectivity index (χ2n) is 10.9. The topological polar surface area (TPSA) is 84.8 Å². The van der Waals surface area contributed by atoms with Gasteiger partial charge in [-0.25, -0.2) is 14.4 Å². The number of aryl methyl sites for hydroxylation is 1. The third-order valence-electron chi connectivity index (χ3n) is 8.25. The molecule has 1 N–H and O–H groups in total. The van der Waals surface area contributed by atoms with Crippen LogP contribution in [0.2, 0.25) is 0 Å². The van der Waals surface area contributed by atoms with Gasteiger partial charge in [0, 0.05) is 57.8 Å². The molecule has 2 aliphatic rings. The van der Waals surface area contributed by atoms with Gasteiger partial charge < -0.3 is 19.5 Å². The highest BCUT2D eigenvalue weighted by molar-refractivity contribution is 7.18. The number of aliphatic hydroxyl groups is 1. The van der Waals surface area contributed by atoms with Gasteiger partial charge in [0.15, 0.2) is 0 Å². The van der Waals surface area contributed by atoms with Crippen LogP contribution in [0.25, 0.3) is 43.2 Å². The van der Waals surface area contributed by atoms with E-state index in [2.05, 4.69) is 30.8 Å². The average Bonchev–Trinajstić information content (AvgIpc) is 3.78. The highest BCUT2D eigenvalue weighted by Crippen LogP contribution is 2.48. The maximum atomic E-state index is 14.6. The molecule has 44 heavy (non-hydrogen) atoms. The van der Waals surface area contributed by atoms with Crippen LogP contribution in [0.1, 0.15) is 34.2 Å². The number of rotatable bonds is 8. The molecule has 7 nitrogen and oxygen atoms in total. The minimum atomic E-state index is -0.486. The lowest BCUT2D eigenvalue weighted by Crippen LogP contribution is -2.34. The number of aromatic nitrogens is 2. The molecule has 0 spiro atoms. The Morgan fingerprint density at radius 1 is 1.16 bits per heavy atom. The van der Waals surface area contributed by atoms with Gasteiger partial charge in [0.1, 0.15) is 28.9 Å². The number of thiophene rings is 1. The number of nitrogens with zero attached hydrogens (tertiary/aromatic N) is 3. The Balaban J connectivity index is 1.45. The molecule has 5 aromatic rings. The number of hydrogen-bond donors (Lipinski definition) is 1. The van der Waals surface area contributed by atoms with Crippen molar-refractivity contribution in [3.63, 3.8) is 0 Å². The first kappa shape index (κ1) is 28.8. The first-order chi connectivity index (χ1) is 21.4. The molecular weight excluding hydrogens is 598 g/mol. The number of carbonyl (C=O) groups is 1. The summed E-state index contributed by atoms with van der Waals surface area (Å²) in [6, 6.07) is 12.8. The Kier molecular flexibility index (Phi) is 7.75. The molecule has 0 saturated carbocycles. The van der Waals surface area contributed by atoms with E-state index in [9.17, 15) is 14.3 Å². The summed E-state index contributed by atoms with van der Waals surface area (Å²) >= 11 is 3.11. The van der Waals surface area contributed by atoms with Crippen LogP contribution < -0.4 is 4.74 Å². The molecule has 1 unspecified atom stereocenters. The number of halogens is 1. The number of pyridine rings is 1. The van der Waals surface area contributed by atoms with Crippen molar-refractivity contribution in [2.75, 3.05) is 26.9 Å². The summed E-state index contributed by atoms with van der Waals surface area (Å²) in [4.78, 5) is 25.6. The van der Waals surface area contributed by atoms with Crippen LogP contribution in [0.5, 0.6) is 5.75 Å². The second-order valence-corrected chi connectivity index (χ2v) is 12.9. The molecule has 4 heterocycles. The molecular formula is C34H30FN3O4S2. The minimum absolute atomic E-state index is 0.102. The van der Waals surface area contributed by atoms with Gasteiger partial charge in [-0.2, -0.15) is 0 Å². The Labute approximate surface area is 262 Å². The number of aliphatic hydroxyl groups excluding tert-OH is 1. The van der Waals surface area contributed by atoms with E-state index < -0.39 is 11.9 Å². The van der Waals surface area contributed by atoms with Crippen LogP contribution in [-0.4, -0.2) is 52.7 Å². The van der Waals surface area contributed by atoms with E-state index in [4.69, 9.17) is 19.4 Å². The van der Waals surface area contributed by atoms with Gasteiger partial charge >= 0.3 is 0 Å². The number of fused-ring (bicyclic) bond motifs is 3. The van der Waals surface area contributed by atoms with Crippen LogP contribution in [0.4, 0.5) is 4.39 Å². The maximum Gasteiger partial charge on any atom is 0.246 e. The highest BCUT2D eigenvalue weighted by Gasteiger charge is 2.28. The van der Waals surface area contributed by atoms with Crippen LogP contribution in [0.3, 0.4) is 0 Å². The number of hydrogen-bond acceptors (Lipinski definition) is 8. The fraction of sp³-hybridized carbons (Fsp3) is 0.265. The summed E-state index contributed by atoms with van der Waals surface area (Å²) in [5, 5.41) is 14.4. The van der Waals surface area contributed by atoms with E-state index in [1.165, 1.54) is 29.5 Å². The molecule has 1 amide bonds. The molecule has 2 aromatic carbocycles. The van der Waals surface area contributed by atoms with Crippen molar-refractivity contribution in [3.05, 3.63) is 88.0 Å². The van der Waals surface area contributed by atoms with Crippen molar-refractivity contribution < 1.29 is 23.8 Å². The summed E-state index contributed by atoms with van der Waals surface area (Å²) in [5.41, 5.74) is 6.97. The standard InChI is InChI=1S/C34H30FN3O4S2/c1-3-29(40)38-12-10-25-28(18-38)44-34(36-25)32-30(22-8-7-21(35)17-27(22)42-14-13-41-2)33-23(11-15-43-33)31(37-32)20-5-4-19-6-9-26(39)24(19)16-20/h3-5,7-8,11,15-17,26,39H,1,6,9-10,12-14,18H2,2H3. The van der Waals surface area contributed by atoms with Crippen LogP contribution in [-0.2, 0) is 28.9 Å². The van der Waals surface area contributed by atoms with Gasteiger partial charge in [-0.3, -0.25) is 4.79 Å². The first-order valence-corrected chi connectivity index (χ1v) is 16.2. The van der Waals surface area contributed by atoms with Crippen LogP contribution in [0.15, 0.2) is 60.5 Å². The molecule has 0 bridgehead atoms. The van der Waals surface area contributed by atoms with E-state index in [1.54, 1.807) is 29.4 Å². The molecule has 1 aliphatic heterocycles. The Morgan fingerprint density at radius 2 is 2.05 bits per heavy atom. The highest BCUT2D eigenvalue weighted by atomic mass is 32.1. The largest absolute Gasteiger partial charge is 0.490 e. The van der Waals surface area contributed by atoms with E-state index >= 15 is 0 Å². The van der Waals surface area contributed by atoms with Gasteiger partial charge in [0.25, 0.3) is 0 Å². The van der Waals surface area contributed by atoms with Gasteiger partial charge in [0.05, 0.1) is 30.6 Å². The number of benzene rings is 2. The van der Waals surface area contributed by atoms with Gasteiger partial charge in [-0.05, 0) is 59.7 Å². The zero-order chi connectivity index (χ0) is 30.4. The number of carbonyl (C=O) groups excluding carboxylic acids is 1. The molecule has 0 fully saturated rings. The lowest BCUT2D eigenvalue weighted by Gasteiger charge is -2.24. The van der Waals surface area contributed by atoms with Crippen molar-refractivity contribution in [1.82, 2.24) is 14.9 Å². The van der Waals surface area contributed by atoms with Crippen molar-refractivity contribution in [3.8, 4) is 38.8 Å². The number of methoxy groups -OCH3 is 1. The SMILES string of the molecule is C=CC(=O)N1CCc2nc(-c3nc(-c4ccc5c(c4)C(O)CC5)c4ccsc4c3-c3ccc(F)cc3OCCOC)sc2C1. The minimum Gasteiger partial charge on any atom is -0.490 e. The predicted molar refractivity (Wildman–Crippen MR) is 172 cm³/mol. The van der Waals surface area contributed by atoms with E-state index in [0.717, 1.165) is 66.5 Å². The molecule has 0 saturated heterocycles. The maximum absolute atomic E-state index is 14.6. The van der Waals surface area contributed by atoms with Crippen molar-refractivity contribution >= 4 is 38.7 Å². The summed E-state index contributed by atoms with van der Waals surface area (Å²) < 4.78 is 26.8. The monoisotopic (exact) mass is 627 g/mol. The second kappa shape index (κ2) is 11.9. The van der Waals surface area contributed by atoms with Crippen LogP contribution >= 0.6 is 22.7 Å². The van der Waals surface area contributed by atoms with Gasteiger partial charge in [0.2, 0.25) is 5.91 Å². The van der Waals surface area contributed by atoms with Crippen molar-refractivity contribution in [2.24, 2.45) is 0 Å². The molecule has 7 rings (SSSR count). The zero-order valence-corrected chi connectivity index (χ0v) is 25.8. The number of amides is 1. The number of ether oxygens (including phenoxy) is 2. The van der Waals surface area contributed by atoms with Crippen molar-refractivity contribution in [2.45, 2.75) is 31.9 Å². The average molecular weight is 628 g/mol. The first-order valence-electron chi connectivity index (χ1n) is 14.5. The van der Waals surface area contributed by atoms with E-state index in [1.807, 2.05) is 5.38 Å². The zero-order valence-electron chi connectivity index (χ0n) is 24.1. The molecule has 10 heteroatoms. The lowest BCUT2D eigenvalue weighted by molar-refractivity contribution is -0.126. The van der Waals surface area contributed by atoms with E-state index in [0.29, 0.717) is 43.1 Å². The summed E-state index contributed by atoms with van der Waals surface area (Å²) in [6.07, 6.45) is 3.07. The Hall–Kier alpha value is -3.96. The lowest BCUT2D eigenvalue weighted by atomic mass is 9.97. The summed E-state index contributed by atoms with van der Waals surface area (Å²) in [6.45, 7) is 5.30. The molecule has 3 aromatic heterocycles. The summed E-state index contributed by atoms with van der Waals surface area (Å²) in [5.74, 6) is -0.102. The third kappa shape index (κ3) is 5.11. The Morgan fingerprint density at radius 3 is 2.89 bits per heavy atom. The normalized spacial score (nSPS) is 15.8.